The highest BCUT2D eigenvalue weighted by Gasteiger charge is 2.37. The number of hydrogen-bond acceptors (Lipinski definition) is 4. The molecule has 2 rings (SSSR count). The summed E-state index contributed by atoms with van der Waals surface area (Å²) in [7, 11) is -1.40. The molecule has 0 aliphatic carbocycles. The second-order valence-electron chi connectivity index (χ2n) is 6.43. The number of nitrogens with zero attached hydrogens (tertiary/aromatic N) is 2. The Morgan fingerprint density at radius 1 is 1.19 bits per heavy atom. The molecule has 0 amide bonds. The Bertz CT molecular complexity index is 594. The van der Waals surface area contributed by atoms with Crippen LogP contribution in [-0.2, 0) is 10.0 Å². The molecule has 0 radical (unpaired) electrons. The van der Waals surface area contributed by atoms with Crippen LogP contribution in [0.25, 0.3) is 0 Å². The van der Waals surface area contributed by atoms with Gasteiger partial charge in [-0.05, 0) is 45.5 Å². The first kappa shape index (κ1) is 16.4. The number of rotatable bonds is 3. The first-order valence-electron chi connectivity index (χ1n) is 7.21. The van der Waals surface area contributed by atoms with E-state index in [4.69, 9.17) is 5.73 Å². The summed E-state index contributed by atoms with van der Waals surface area (Å²) in [6.45, 7) is 7.77. The lowest BCUT2D eigenvalue weighted by molar-refractivity contribution is 0.0801. The largest absolute Gasteiger partial charge is 0.324 e. The van der Waals surface area contributed by atoms with Crippen LogP contribution in [0, 0.1) is 0 Å². The first-order chi connectivity index (χ1) is 9.64. The summed E-state index contributed by atoms with van der Waals surface area (Å²) < 4.78 is 27.1. The molecule has 1 aliphatic heterocycles. The Morgan fingerprint density at radius 3 is 2.24 bits per heavy atom. The standard InChI is InChI=1S/C15H25N3O2S/c1-12(16)13-5-7-14(8-6-13)21(19,20)18-10-9-17(4)15(2,3)11-18/h5-8,12H,9-11,16H2,1-4H3. The first-order valence-corrected chi connectivity index (χ1v) is 8.65. The van der Waals surface area contributed by atoms with Gasteiger partial charge >= 0.3 is 0 Å². The van der Waals surface area contributed by atoms with Gasteiger partial charge in [-0.2, -0.15) is 4.31 Å². The zero-order valence-corrected chi connectivity index (χ0v) is 14.0. The second-order valence-corrected chi connectivity index (χ2v) is 8.37. The predicted molar refractivity (Wildman–Crippen MR) is 84.5 cm³/mol. The number of benzene rings is 1. The van der Waals surface area contributed by atoms with E-state index >= 15 is 0 Å². The average Bonchev–Trinajstić information content (AvgIpc) is 2.41. The molecule has 0 bridgehead atoms. The smallest absolute Gasteiger partial charge is 0.243 e. The number of likely N-dealkylation sites (N-methyl/N-ethyl adjacent to an activating group) is 1. The van der Waals surface area contributed by atoms with Gasteiger partial charge in [0.05, 0.1) is 4.90 Å². The molecule has 1 aromatic carbocycles. The molecule has 1 atom stereocenters. The molecule has 1 fully saturated rings. The molecule has 118 valence electrons. The summed E-state index contributed by atoms with van der Waals surface area (Å²) in [6, 6.07) is 6.79. The zero-order chi connectivity index (χ0) is 15.8. The van der Waals surface area contributed by atoms with Gasteiger partial charge in [-0.1, -0.05) is 12.1 Å². The SMILES string of the molecule is CC(N)c1ccc(S(=O)(=O)N2CCN(C)C(C)(C)C2)cc1. The normalized spacial score (nSPS) is 22.1. The van der Waals surface area contributed by atoms with Crippen LogP contribution >= 0.6 is 0 Å². The van der Waals surface area contributed by atoms with Crippen molar-refractivity contribution in [3.63, 3.8) is 0 Å². The van der Waals surface area contributed by atoms with Crippen LogP contribution in [0.2, 0.25) is 0 Å². The molecule has 5 nitrogen and oxygen atoms in total. The molecule has 1 aromatic rings. The van der Waals surface area contributed by atoms with Crippen LogP contribution in [0.4, 0.5) is 0 Å². The highest BCUT2D eigenvalue weighted by molar-refractivity contribution is 7.89. The molecule has 2 N–H and O–H groups in total. The van der Waals surface area contributed by atoms with Gasteiger partial charge < -0.3 is 5.73 Å². The van der Waals surface area contributed by atoms with Gasteiger partial charge in [0, 0.05) is 31.2 Å². The van der Waals surface area contributed by atoms with E-state index in [-0.39, 0.29) is 11.6 Å². The summed E-state index contributed by atoms with van der Waals surface area (Å²) >= 11 is 0. The van der Waals surface area contributed by atoms with E-state index < -0.39 is 10.0 Å². The van der Waals surface area contributed by atoms with E-state index in [9.17, 15) is 8.42 Å². The quantitative estimate of drug-likeness (QED) is 0.917. The molecule has 1 unspecified atom stereocenters. The Hall–Kier alpha value is -0.950. The van der Waals surface area contributed by atoms with E-state index in [2.05, 4.69) is 18.7 Å². The van der Waals surface area contributed by atoms with Crippen LogP contribution in [0.5, 0.6) is 0 Å². The Balaban J connectivity index is 2.26. The zero-order valence-electron chi connectivity index (χ0n) is 13.2. The Labute approximate surface area is 127 Å². The number of piperazine rings is 1. The van der Waals surface area contributed by atoms with Gasteiger partial charge in [0.1, 0.15) is 0 Å². The maximum absolute atomic E-state index is 12.7. The fourth-order valence-corrected chi connectivity index (χ4v) is 4.08. The molecule has 6 heteroatoms. The molecule has 0 saturated carbocycles. The van der Waals surface area contributed by atoms with E-state index in [1.807, 2.05) is 14.0 Å². The third-order valence-electron chi connectivity index (χ3n) is 4.33. The summed E-state index contributed by atoms with van der Waals surface area (Å²) in [4.78, 5) is 2.53. The molecule has 0 aromatic heterocycles. The minimum Gasteiger partial charge on any atom is -0.324 e. The molecule has 1 aliphatic rings. The van der Waals surface area contributed by atoms with Crippen LogP contribution in [-0.4, -0.2) is 49.8 Å². The molecule has 0 spiro atoms. The summed E-state index contributed by atoms with van der Waals surface area (Å²) in [5, 5.41) is 0. The van der Waals surface area contributed by atoms with Gasteiger partial charge in [-0.3, -0.25) is 4.90 Å². The topological polar surface area (TPSA) is 66.6 Å². The van der Waals surface area contributed by atoms with Crippen molar-refractivity contribution >= 4 is 10.0 Å². The number of nitrogens with two attached hydrogens (primary N) is 1. The summed E-state index contributed by atoms with van der Waals surface area (Å²) in [5.74, 6) is 0. The van der Waals surface area contributed by atoms with Crippen molar-refractivity contribution in [3.8, 4) is 0 Å². The minimum absolute atomic E-state index is 0.0932. The number of sulfonamides is 1. The minimum atomic E-state index is -3.43. The van der Waals surface area contributed by atoms with Crippen molar-refractivity contribution in [3.05, 3.63) is 29.8 Å². The van der Waals surface area contributed by atoms with Crippen molar-refractivity contribution in [1.29, 1.82) is 0 Å². The van der Waals surface area contributed by atoms with Crippen molar-refractivity contribution in [2.75, 3.05) is 26.7 Å². The Morgan fingerprint density at radius 2 is 1.76 bits per heavy atom. The van der Waals surface area contributed by atoms with E-state index in [1.165, 1.54) is 0 Å². The second kappa shape index (κ2) is 5.68. The van der Waals surface area contributed by atoms with E-state index in [1.54, 1.807) is 28.6 Å². The van der Waals surface area contributed by atoms with Crippen LogP contribution in [0.1, 0.15) is 32.4 Å². The molecular weight excluding hydrogens is 286 g/mol. The van der Waals surface area contributed by atoms with Gasteiger partial charge in [0.15, 0.2) is 0 Å². The monoisotopic (exact) mass is 311 g/mol. The van der Waals surface area contributed by atoms with Crippen molar-refractivity contribution in [2.24, 2.45) is 5.73 Å². The maximum Gasteiger partial charge on any atom is 0.243 e. The number of hydrogen-bond donors (Lipinski definition) is 1. The molecular formula is C15H25N3O2S. The fraction of sp³-hybridized carbons (Fsp3) is 0.600. The third kappa shape index (κ3) is 3.29. The van der Waals surface area contributed by atoms with Gasteiger partial charge in [0.2, 0.25) is 10.0 Å². The fourth-order valence-electron chi connectivity index (χ4n) is 2.49. The highest BCUT2D eigenvalue weighted by Crippen LogP contribution is 2.25. The predicted octanol–water partition coefficient (Wildman–Crippen LogP) is 1.42. The van der Waals surface area contributed by atoms with Gasteiger partial charge in [0.25, 0.3) is 0 Å². The van der Waals surface area contributed by atoms with E-state index in [0.29, 0.717) is 18.0 Å². The van der Waals surface area contributed by atoms with Crippen LogP contribution < -0.4 is 5.73 Å². The Kier molecular flexibility index (Phi) is 4.44. The third-order valence-corrected chi connectivity index (χ3v) is 6.18. The summed E-state index contributed by atoms with van der Waals surface area (Å²) in [6.07, 6.45) is 0. The lowest BCUT2D eigenvalue weighted by atomic mass is 10.0. The lowest BCUT2D eigenvalue weighted by Gasteiger charge is -2.44. The highest BCUT2D eigenvalue weighted by atomic mass is 32.2. The molecule has 1 saturated heterocycles. The summed E-state index contributed by atoms with van der Waals surface area (Å²) in [5.41, 5.74) is 6.58. The lowest BCUT2D eigenvalue weighted by Crippen LogP contribution is -2.58. The van der Waals surface area contributed by atoms with Crippen molar-refractivity contribution in [1.82, 2.24) is 9.21 Å². The molecule has 21 heavy (non-hydrogen) atoms. The van der Waals surface area contributed by atoms with Crippen LogP contribution in [0.3, 0.4) is 0 Å². The van der Waals surface area contributed by atoms with E-state index in [0.717, 1.165) is 12.1 Å². The maximum atomic E-state index is 12.7. The molecule has 1 heterocycles. The van der Waals surface area contributed by atoms with Crippen LogP contribution in [0.15, 0.2) is 29.2 Å². The average molecular weight is 311 g/mol. The van der Waals surface area contributed by atoms with Gasteiger partial charge in [-0.25, -0.2) is 8.42 Å². The van der Waals surface area contributed by atoms with Crippen molar-refractivity contribution in [2.45, 2.75) is 37.2 Å². The van der Waals surface area contributed by atoms with Gasteiger partial charge in [-0.15, -0.1) is 0 Å². The van der Waals surface area contributed by atoms with Crippen molar-refractivity contribution < 1.29 is 8.42 Å².